The zero-order valence-electron chi connectivity index (χ0n) is 17.8. The van der Waals surface area contributed by atoms with Crippen molar-refractivity contribution in [3.63, 3.8) is 0 Å². The van der Waals surface area contributed by atoms with Gasteiger partial charge in [-0.15, -0.1) is 0 Å². The van der Waals surface area contributed by atoms with Gasteiger partial charge in [-0.05, 0) is 69.6 Å². The Morgan fingerprint density at radius 1 is 1.21 bits per heavy atom. The van der Waals surface area contributed by atoms with Gasteiger partial charge in [-0.25, -0.2) is 0 Å². The lowest BCUT2D eigenvalue weighted by Crippen LogP contribution is -2.47. The third-order valence-electron chi connectivity index (χ3n) is 6.16. The molecule has 0 spiro atoms. The van der Waals surface area contributed by atoms with Gasteiger partial charge in [0, 0.05) is 26.2 Å². The molecule has 2 atom stereocenters. The summed E-state index contributed by atoms with van der Waals surface area (Å²) in [4.78, 5) is 9.59. The molecule has 2 aliphatic heterocycles. The number of aliphatic imine (C=N–C) groups is 1. The molecule has 2 aliphatic rings. The summed E-state index contributed by atoms with van der Waals surface area (Å²) in [6.07, 6.45) is 5.14. The molecule has 0 amide bonds. The van der Waals surface area contributed by atoms with Crippen LogP contribution in [-0.2, 0) is 0 Å². The molecule has 2 unspecified atom stereocenters. The molecule has 0 aromatic heterocycles. The van der Waals surface area contributed by atoms with Crippen LogP contribution in [0.1, 0.15) is 44.2 Å². The Balaban J connectivity index is 1.60. The van der Waals surface area contributed by atoms with Gasteiger partial charge in [-0.2, -0.15) is 0 Å². The number of likely N-dealkylation sites (tertiary alicyclic amines) is 2. The van der Waals surface area contributed by atoms with Crippen molar-refractivity contribution in [2.45, 2.75) is 44.7 Å². The summed E-state index contributed by atoms with van der Waals surface area (Å²) in [5, 5.41) is 7.13. The van der Waals surface area contributed by atoms with Crippen LogP contribution in [0.4, 0.5) is 0 Å². The zero-order valence-corrected chi connectivity index (χ0v) is 17.8. The average molecular weight is 388 g/mol. The lowest BCUT2D eigenvalue weighted by molar-refractivity contribution is 0.244. The van der Waals surface area contributed by atoms with Crippen molar-refractivity contribution in [3.05, 3.63) is 29.8 Å². The number of rotatable bonds is 8. The highest BCUT2D eigenvalue weighted by Crippen LogP contribution is 2.27. The highest BCUT2D eigenvalue weighted by atomic mass is 16.5. The first-order valence-electron chi connectivity index (χ1n) is 10.8. The zero-order chi connectivity index (χ0) is 19.8. The quantitative estimate of drug-likeness (QED) is 0.530. The second kappa shape index (κ2) is 10.7. The van der Waals surface area contributed by atoms with E-state index < -0.39 is 0 Å². The number of benzene rings is 1. The lowest BCUT2D eigenvalue weighted by Gasteiger charge is -2.29. The van der Waals surface area contributed by atoms with Gasteiger partial charge in [-0.1, -0.05) is 19.1 Å². The van der Waals surface area contributed by atoms with Gasteiger partial charge in [0.25, 0.3) is 0 Å². The molecule has 6 nitrogen and oxygen atoms in total. The SMILES string of the molecule is CCN1CCCC1CNC(=NC)NCC(c1cccc(OC)c1)N1CCCC1. The maximum Gasteiger partial charge on any atom is 0.191 e. The van der Waals surface area contributed by atoms with E-state index in [2.05, 4.69) is 50.5 Å². The molecule has 0 aliphatic carbocycles. The van der Waals surface area contributed by atoms with Gasteiger partial charge in [0.05, 0.1) is 13.2 Å². The van der Waals surface area contributed by atoms with E-state index in [-0.39, 0.29) is 0 Å². The molecular formula is C22H37N5O. The summed E-state index contributed by atoms with van der Waals surface area (Å²) in [5.41, 5.74) is 1.30. The number of ether oxygens (including phenoxy) is 1. The topological polar surface area (TPSA) is 52.1 Å². The van der Waals surface area contributed by atoms with E-state index in [1.54, 1.807) is 7.11 Å². The van der Waals surface area contributed by atoms with Crippen molar-refractivity contribution in [1.82, 2.24) is 20.4 Å². The van der Waals surface area contributed by atoms with Crippen LogP contribution >= 0.6 is 0 Å². The minimum absolute atomic E-state index is 0.328. The molecule has 1 aromatic carbocycles. The fraction of sp³-hybridized carbons (Fsp3) is 0.682. The van der Waals surface area contributed by atoms with Crippen LogP contribution in [0.3, 0.4) is 0 Å². The van der Waals surface area contributed by atoms with E-state index in [0.29, 0.717) is 12.1 Å². The molecule has 0 bridgehead atoms. The molecule has 6 heteroatoms. The van der Waals surface area contributed by atoms with Crippen LogP contribution in [0.5, 0.6) is 5.75 Å². The summed E-state index contributed by atoms with van der Waals surface area (Å²) in [5.74, 6) is 1.82. The second-order valence-electron chi connectivity index (χ2n) is 7.79. The number of hydrogen-bond acceptors (Lipinski definition) is 4. The molecular weight excluding hydrogens is 350 g/mol. The van der Waals surface area contributed by atoms with Gasteiger partial charge in [0.2, 0.25) is 0 Å². The van der Waals surface area contributed by atoms with Crippen LogP contribution in [-0.4, -0.2) is 75.2 Å². The molecule has 156 valence electrons. The average Bonchev–Trinajstić information content (AvgIpc) is 3.42. The first-order valence-corrected chi connectivity index (χ1v) is 10.8. The molecule has 2 heterocycles. The van der Waals surface area contributed by atoms with Crippen molar-refractivity contribution >= 4 is 5.96 Å². The van der Waals surface area contributed by atoms with E-state index in [1.165, 1.54) is 37.8 Å². The molecule has 2 N–H and O–H groups in total. The summed E-state index contributed by atoms with van der Waals surface area (Å²) >= 11 is 0. The predicted octanol–water partition coefficient (Wildman–Crippen LogP) is 2.48. The normalized spacial score (nSPS) is 22.4. The van der Waals surface area contributed by atoms with Gasteiger partial charge in [0.15, 0.2) is 5.96 Å². The highest BCUT2D eigenvalue weighted by Gasteiger charge is 2.25. The molecule has 2 fully saturated rings. The van der Waals surface area contributed by atoms with E-state index in [4.69, 9.17) is 4.74 Å². The summed E-state index contributed by atoms with van der Waals surface area (Å²) in [7, 11) is 3.59. The van der Waals surface area contributed by atoms with Crippen molar-refractivity contribution in [3.8, 4) is 5.75 Å². The fourth-order valence-electron chi connectivity index (χ4n) is 4.53. The summed E-state index contributed by atoms with van der Waals surface area (Å²) in [6.45, 7) is 8.72. The van der Waals surface area contributed by atoms with Crippen LogP contribution in [0.2, 0.25) is 0 Å². The first-order chi connectivity index (χ1) is 13.7. The van der Waals surface area contributed by atoms with Crippen LogP contribution in [0.15, 0.2) is 29.3 Å². The minimum atomic E-state index is 0.328. The number of hydrogen-bond donors (Lipinski definition) is 2. The van der Waals surface area contributed by atoms with Gasteiger partial charge < -0.3 is 15.4 Å². The Labute approximate surface area is 170 Å². The molecule has 0 saturated carbocycles. The Morgan fingerprint density at radius 3 is 2.75 bits per heavy atom. The first kappa shape index (κ1) is 20.9. The molecule has 1 aromatic rings. The predicted molar refractivity (Wildman–Crippen MR) is 116 cm³/mol. The van der Waals surface area contributed by atoms with Crippen molar-refractivity contribution < 1.29 is 4.74 Å². The van der Waals surface area contributed by atoms with Gasteiger partial charge in [-0.3, -0.25) is 14.8 Å². The maximum atomic E-state index is 5.45. The van der Waals surface area contributed by atoms with Crippen molar-refractivity contribution in [1.29, 1.82) is 0 Å². The van der Waals surface area contributed by atoms with Crippen LogP contribution in [0.25, 0.3) is 0 Å². The highest BCUT2D eigenvalue weighted by molar-refractivity contribution is 5.79. The molecule has 28 heavy (non-hydrogen) atoms. The summed E-state index contributed by atoms with van der Waals surface area (Å²) < 4.78 is 5.45. The number of guanidine groups is 1. The fourth-order valence-corrected chi connectivity index (χ4v) is 4.53. The smallest absolute Gasteiger partial charge is 0.191 e. The van der Waals surface area contributed by atoms with Crippen molar-refractivity contribution in [2.75, 3.05) is 53.4 Å². The number of nitrogens with zero attached hydrogens (tertiary/aromatic N) is 3. The monoisotopic (exact) mass is 387 g/mol. The Hall–Kier alpha value is -1.79. The number of likely N-dealkylation sites (N-methyl/N-ethyl adjacent to an activating group) is 1. The van der Waals surface area contributed by atoms with Crippen LogP contribution < -0.4 is 15.4 Å². The van der Waals surface area contributed by atoms with E-state index in [0.717, 1.165) is 44.4 Å². The summed E-state index contributed by atoms with van der Waals surface area (Å²) in [6, 6.07) is 9.43. The standard InChI is InChI=1S/C22H37N5O/c1-4-26-14-8-10-19(26)16-24-22(23-2)25-17-21(27-12-5-6-13-27)18-9-7-11-20(15-18)28-3/h7,9,11,15,19,21H,4-6,8,10,12-14,16-17H2,1-3H3,(H2,23,24,25). The third kappa shape index (κ3) is 5.39. The third-order valence-corrected chi connectivity index (χ3v) is 6.16. The molecule has 2 saturated heterocycles. The van der Waals surface area contributed by atoms with Gasteiger partial charge in [0.1, 0.15) is 5.75 Å². The number of nitrogens with one attached hydrogen (secondary N) is 2. The Morgan fingerprint density at radius 2 is 2.04 bits per heavy atom. The Kier molecular flexibility index (Phi) is 7.98. The van der Waals surface area contributed by atoms with E-state index in [1.807, 2.05) is 13.1 Å². The van der Waals surface area contributed by atoms with E-state index >= 15 is 0 Å². The van der Waals surface area contributed by atoms with Crippen LogP contribution in [0, 0.1) is 0 Å². The second-order valence-corrected chi connectivity index (χ2v) is 7.79. The largest absolute Gasteiger partial charge is 0.497 e. The van der Waals surface area contributed by atoms with Crippen molar-refractivity contribution in [2.24, 2.45) is 4.99 Å². The number of methoxy groups -OCH3 is 1. The van der Waals surface area contributed by atoms with Gasteiger partial charge >= 0.3 is 0 Å². The maximum absolute atomic E-state index is 5.45. The van der Waals surface area contributed by atoms with E-state index in [9.17, 15) is 0 Å². The lowest BCUT2D eigenvalue weighted by atomic mass is 10.1. The molecule has 0 radical (unpaired) electrons. The molecule has 3 rings (SSSR count). The minimum Gasteiger partial charge on any atom is -0.497 e. The Bertz CT molecular complexity index is 629.